The third-order valence-corrected chi connectivity index (χ3v) is 3.45. The van der Waals surface area contributed by atoms with Crippen LogP contribution >= 0.6 is 0 Å². The van der Waals surface area contributed by atoms with E-state index in [-0.39, 0.29) is 5.71 Å². The molecule has 0 amide bonds. The third kappa shape index (κ3) is 1.69. The van der Waals surface area contributed by atoms with Gasteiger partial charge in [0.1, 0.15) is 5.25 Å². The van der Waals surface area contributed by atoms with Gasteiger partial charge in [-0.15, -0.1) is 0 Å². The highest BCUT2D eigenvalue weighted by molar-refractivity contribution is 7.86. The van der Waals surface area contributed by atoms with E-state index in [1.165, 1.54) is 12.2 Å². The Morgan fingerprint density at radius 2 is 2.06 bits per heavy atom. The fourth-order valence-corrected chi connectivity index (χ4v) is 2.52. The van der Waals surface area contributed by atoms with E-state index < -0.39 is 15.4 Å². The smallest absolute Gasteiger partial charge is 0.322 e. The first-order valence-electron chi connectivity index (χ1n) is 4.50. The van der Waals surface area contributed by atoms with E-state index in [2.05, 4.69) is 4.79 Å². The molecule has 0 aliphatic heterocycles. The molecule has 2 aliphatic rings. The van der Waals surface area contributed by atoms with Crippen molar-refractivity contribution in [2.45, 2.75) is 5.25 Å². The molecule has 0 aromatic carbocycles. The summed E-state index contributed by atoms with van der Waals surface area (Å²) in [6, 6.07) is 0. The van der Waals surface area contributed by atoms with E-state index >= 15 is 0 Å². The van der Waals surface area contributed by atoms with Crippen molar-refractivity contribution in [1.29, 1.82) is 0 Å². The Balaban J connectivity index is 2.59. The molecular formula is C10H8N2O3S. The molecule has 16 heavy (non-hydrogen) atoms. The topological polar surface area (TPSA) is 90.8 Å². The summed E-state index contributed by atoms with van der Waals surface area (Å²) in [7, 11) is -4.19. The first kappa shape index (κ1) is 10.8. The van der Waals surface area contributed by atoms with Crippen LogP contribution < -0.4 is 0 Å². The van der Waals surface area contributed by atoms with Gasteiger partial charge in [0.25, 0.3) is 10.1 Å². The summed E-state index contributed by atoms with van der Waals surface area (Å²) in [4.78, 5) is 3.06. The summed E-state index contributed by atoms with van der Waals surface area (Å²) in [6.07, 6.45) is 9.21. The van der Waals surface area contributed by atoms with Crippen LogP contribution in [0.3, 0.4) is 0 Å². The summed E-state index contributed by atoms with van der Waals surface area (Å²) in [5.74, 6) is 0. The fraction of sp³-hybridized carbons (Fsp3) is 0.100. The van der Waals surface area contributed by atoms with Crippen molar-refractivity contribution in [3.05, 3.63) is 53.1 Å². The van der Waals surface area contributed by atoms with E-state index in [1.54, 1.807) is 24.3 Å². The largest absolute Gasteiger partial charge is 0.361 e. The summed E-state index contributed by atoms with van der Waals surface area (Å²) in [5, 5.41) is -1.10. The van der Waals surface area contributed by atoms with Crippen LogP contribution in [-0.4, -0.2) is 28.7 Å². The van der Waals surface area contributed by atoms with Crippen LogP contribution in [0.4, 0.5) is 0 Å². The average Bonchev–Trinajstić information content (AvgIpc) is 2.26. The second-order valence-corrected chi connectivity index (χ2v) is 4.90. The van der Waals surface area contributed by atoms with Gasteiger partial charge in [-0.1, -0.05) is 24.3 Å². The van der Waals surface area contributed by atoms with Gasteiger partial charge in [-0.05, 0) is 11.6 Å². The molecule has 2 rings (SSSR count). The van der Waals surface area contributed by atoms with Gasteiger partial charge >= 0.3 is 5.71 Å². The predicted octanol–water partition coefficient (Wildman–Crippen LogP) is 0.906. The zero-order chi connectivity index (χ0) is 11.8. The van der Waals surface area contributed by atoms with Gasteiger partial charge in [0.05, 0.1) is 5.57 Å². The van der Waals surface area contributed by atoms with Crippen molar-refractivity contribution in [1.82, 2.24) is 0 Å². The fourth-order valence-electron chi connectivity index (χ4n) is 1.70. The minimum Gasteiger partial charge on any atom is -0.361 e. The Morgan fingerprint density at radius 1 is 1.31 bits per heavy atom. The molecule has 1 unspecified atom stereocenters. The van der Waals surface area contributed by atoms with Gasteiger partial charge in [0, 0.05) is 6.08 Å². The first-order chi connectivity index (χ1) is 7.54. The summed E-state index contributed by atoms with van der Waals surface area (Å²) in [5.41, 5.74) is 9.92. The van der Waals surface area contributed by atoms with E-state index in [1.807, 2.05) is 0 Å². The molecule has 1 atom stereocenters. The zero-order valence-electron chi connectivity index (χ0n) is 8.11. The van der Waals surface area contributed by atoms with Gasteiger partial charge in [-0.3, -0.25) is 4.55 Å². The van der Waals surface area contributed by atoms with Crippen LogP contribution in [0.15, 0.2) is 47.6 Å². The van der Waals surface area contributed by atoms with E-state index in [0.29, 0.717) is 11.1 Å². The van der Waals surface area contributed by atoms with Crippen LogP contribution in [-0.2, 0) is 10.1 Å². The lowest BCUT2D eigenvalue weighted by molar-refractivity contribution is -0.00238. The molecule has 6 heteroatoms. The summed E-state index contributed by atoms with van der Waals surface area (Å²) in [6.45, 7) is 0. The molecule has 0 aromatic rings. The molecule has 0 heterocycles. The van der Waals surface area contributed by atoms with E-state index in [0.717, 1.165) is 0 Å². The lowest BCUT2D eigenvalue weighted by Crippen LogP contribution is -2.26. The van der Waals surface area contributed by atoms with Gasteiger partial charge in [0.2, 0.25) is 0 Å². The van der Waals surface area contributed by atoms with Crippen molar-refractivity contribution in [2.24, 2.45) is 0 Å². The van der Waals surface area contributed by atoms with Gasteiger partial charge in [-0.25, -0.2) is 0 Å². The molecule has 1 N–H and O–H groups in total. The van der Waals surface area contributed by atoms with Crippen molar-refractivity contribution in [3.8, 4) is 0 Å². The van der Waals surface area contributed by atoms with E-state index in [9.17, 15) is 8.42 Å². The predicted molar refractivity (Wildman–Crippen MR) is 58.4 cm³/mol. The molecule has 82 valence electrons. The Labute approximate surface area is 92.5 Å². The van der Waals surface area contributed by atoms with Crippen LogP contribution in [0.25, 0.3) is 5.53 Å². The SMILES string of the molecule is [N-]=[N+]=C1C=CC=C2C1=CC=CC2S(=O)(=O)O. The third-order valence-electron chi connectivity index (χ3n) is 2.40. The second-order valence-electron chi connectivity index (χ2n) is 3.37. The van der Waals surface area contributed by atoms with Gasteiger partial charge in [0.15, 0.2) is 0 Å². The maximum absolute atomic E-state index is 11.1. The van der Waals surface area contributed by atoms with Gasteiger partial charge in [-0.2, -0.15) is 13.2 Å². The van der Waals surface area contributed by atoms with Gasteiger partial charge < -0.3 is 5.53 Å². The number of fused-ring (bicyclic) bond motifs is 1. The lowest BCUT2D eigenvalue weighted by Gasteiger charge is -2.18. The number of hydrogen-bond acceptors (Lipinski definition) is 2. The normalized spacial score (nSPS) is 23.3. The highest BCUT2D eigenvalue weighted by Gasteiger charge is 2.33. The molecule has 0 saturated heterocycles. The Kier molecular flexibility index (Phi) is 2.47. The number of hydrogen-bond donors (Lipinski definition) is 1. The van der Waals surface area contributed by atoms with E-state index in [4.69, 9.17) is 10.1 Å². The molecule has 0 bridgehead atoms. The molecule has 0 spiro atoms. The van der Waals surface area contributed by atoms with Crippen LogP contribution in [0.5, 0.6) is 0 Å². The summed E-state index contributed by atoms with van der Waals surface area (Å²) < 4.78 is 31.4. The Bertz CT molecular complexity index is 602. The number of nitrogens with zero attached hydrogens (tertiary/aromatic N) is 2. The molecule has 5 nitrogen and oxygen atoms in total. The van der Waals surface area contributed by atoms with Crippen LogP contribution in [0.2, 0.25) is 0 Å². The van der Waals surface area contributed by atoms with Crippen molar-refractivity contribution in [2.75, 3.05) is 0 Å². The van der Waals surface area contributed by atoms with Crippen molar-refractivity contribution < 1.29 is 17.8 Å². The molecule has 0 saturated carbocycles. The average molecular weight is 236 g/mol. The standard InChI is InChI=1S/C10H8N2O3S/c11-12-9-5-1-4-8-7(9)3-2-6-10(8)16(13,14)15/h1-6,10H,(H,13,14,15). The molecule has 0 fully saturated rings. The summed E-state index contributed by atoms with van der Waals surface area (Å²) >= 11 is 0. The van der Waals surface area contributed by atoms with Crippen molar-refractivity contribution in [3.63, 3.8) is 0 Å². The highest BCUT2D eigenvalue weighted by atomic mass is 32.2. The minimum absolute atomic E-state index is 0.274. The molecular weight excluding hydrogens is 228 g/mol. The zero-order valence-corrected chi connectivity index (χ0v) is 8.92. The maximum Gasteiger partial charge on any atom is 0.322 e. The molecule has 0 radical (unpaired) electrons. The first-order valence-corrected chi connectivity index (χ1v) is 6.00. The Hall–Kier alpha value is -1.75. The molecule has 2 aliphatic carbocycles. The lowest BCUT2D eigenvalue weighted by atomic mass is 9.90. The van der Waals surface area contributed by atoms with Crippen molar-refractivity contribution >= 4 is 15.8 Å². The minimum atomic E-state index is -4.19. The number of rotatable bonds is 1. The second kappa shape index (κ2) is 3.68. The highest BCUT2D eigenvalue weighted by Crippen LogP contribution is 2.28. The monoisotopic (exact) mass is 236 g/mol. The van der Waals surface area contributed by atoms with Crippen LogP contribution in [0, 0.1) is 0 Å². The Morgan fingerprint density at radius 3 is 2.69 bits per heavy atom. The number of allylic oxidation sites excluding steroid dienone is 6. The quantitative estimate of drug-likeness (QED) is 0.416. The maximum atomic E-state index is 11.1. The van der Waals surface area contributed by atoms with Crippen LogP contribution in [0.1, 0.15) is 0 Å². The molecule has 0 aromatic heterocycles.